The SMILES string of the molecule is CCCCCN1CC=C[C@]23O[C@@]4(C)C=CCN(C)C(=O)[C@H]4[C@H]2C(=O)N([C@H](CO)c2ccccc2)C3C1=O. The van der Waals surface area contributed by atoms with Crippen molar-refractivity contribution in [1.82, 2.24) is 14.7 Å². The van der Waals surface area contributed by atoms with E-state index < -0.39 is 35.1 Å². The number of likely N-dealkylation sites (N-methyl/N-ethyl adjacent to an activating group) is 1. The number of rotatable bonds is 7. The number of hydrogen-bond donors (Lipinski definition) is 1. The van der Waals surface area contributed by atoms with Gasteiger partial charge in [0.05, 0.1) is 30.1 Å². The van der Waals surface area contributed by atoms with Crippen LogP contribution in [0.3, 0.4) is 0 Å². The molecule has 1 unspecified atom stereocenters. The predicted molar refractivity (Wildman–Crippen MR) is 138 cm³/mol. The highest BCUT2D eigenvalue weighted by atomic mass is 16.5. The normalized spacial score (nSPS) is 33.8. The Kier molecular flexibility index (Phi) is 6.75. The maximum Gasteiger partial charge on any atom is 0.249 e. The molecular formula is C29H37N3O5. The number of aliphatic hydroxyl groups excluding tert-OH is 1. The Morgan fingerprint density at radius 2 is 1.73 bits per heavy atom. The van der Waals surface area contributed by atoms with Crippen molar-refractivity contribution in [2.45, 2.75) is 56.4 Å². The van der Waals surface area contributed by atoms with Gasteiger partial charge in [-0.1, -0.05) is 74.4 Å². The van der Waals surface area contributed by atoms with Crippen molar-refractivity contribution in [1.29, 1.82) is 0 Å². The third-order valence-corrected chi connectivity index (χ3v) is 8.50. The van der Waals surface area contributed by atoms with Crippen molar-refractivity contribution in [3.8, 4) is 0 Å². The maximum atomic E-state index is 14.4. The van der Waals surface area contributed by atoms with Gasteiger partial charge < -0.3 is 24.5 Å². The van der Waals surface area contributed by atoms with Crippen LogP contribution in [-0.4, -0.2) is 88.1 Å². The maximum absolute atomic E-state index is 14.4. The molecule has 8 nitrogen and oxygen atoms in total. The van der Waals surface area contributed by atoms with Gasteiger partial charge in [-0.15, -0.1) is 0 Å². The standard InChI is InChI=1S/C29H37N3O5/c1-4-5-9-17-31-18-11-15-29-23(22-25(34)30(3)16-10-14-28(22,2)37-29)26(35)32(24(29)27(31)36)21(19-33)20-12-7-6-8-13-20/h6-8,10-15,21-24,33H,4-5,9,16-19H2,1-3H3/t21-,22-,23+,24?,28+,29+/m1/s1. The minimum Gasteiger partial charge on any atom is -0.394 e. The third kappa shape index (κ3) is 3.92. The molecule has 8 heteroatoms. The third-order valence-electron chi connectivity index (χ3n) is 8.50. The van der Waals surface area contributed by atoms with E-state index in [1.165, 1.54) is 4.90 Å². The number of hydrogen-bond acceptors (Lipinski definition) is 5. The molecule has 1 aromatic carbocycles. The van der Waals surface area contributed by atoms with Crippen molar-refractivity contribution in [3.63, 3.8) is 0 Å². The van der Waals surface area contributed by atoms with Crippen LogP contribution >= 0.6 is 0 Å². The van der Waals surface area contributed by atoms with E-state index in [1.807, 2.05) is 61.6 Å². The first-order valence-corrected chi connectivity index (χ1v) is 13.4. The molecule has 5 rings (SSSR count). The Morgan fingerprint density at radius 1 is 1.00 bits per heavy atom. The average Bonchev–Trinajstić information content (AvgIpc) is 3.17. The molecule has 198 valence electrons. The van der Waals surface area contributed by atoms with Gasteiger partial charge in [0.25, 0.3) is 0 Å². The van der Waals surface area contributed by atoms with Gasteiger partial charge in [-0.25, -0.2) is 0 Å². The molecule has 3 amide bonds. The van der Waals surface area contributed by atoms with E-state index in [-0.39, 0.29) is 24.3 Å². The minimum atomic E-state index is -1.31. The molecule has 4 aliphatic rings. The van der Waals surface area contributed by atoms with Gasteiger partial charge in [-0.3, -0.25) is 14.4 Å². The van der Waals surface area contributed by atoms with Crippen LogP contribution in [0.2, 0.25) is 0 Å². The van der Waals surface area contributed by atoms with E-state index >= 15 is 0 Å². The first-order chi connectivity index (χ1) is 17.8. The van der Waals surface area contributed by atoms with Gasteiger partial charge in [-0.2, -0.15) is 0 Å². The highest BCUT2D eigenvalue weighted by Gasteiger charge is 2.75. The summed E-state index contributed by atoms with van der Waals surface area (Å²) in [5, 5.41) is 10.6. The molecule has 6 atom stereocenters. The number of unbranched alkanes of at least 4 members (excludes halogenated alkanes) is 2. The summed E-state index contributed by atoms with van der Waals surface area (Å²) in [6.45, 7) is 5.03. The molecule has 1 N–H and O–H groups in total. The topological polar surface area (TPSA) is 90.4 Å². The lowest BCUT2D eigenvalue weighted by Gasteiger charge is -2.40. The second-order valence-electron chi connectivity index (χ2n) is 10.9. The molecule has 37 heavy (non-hydrogen) atoms. The Labute approximate surface area is 218 Å². The summed E-state index contributed by atoms with van der Waals surface area (Å²) in [5.41, 5.74) is -1.61. The van der Waals surface area contributed by atoms with Gasteiger partial charge in [0, 0.05) is 26.7 Å². The lowest BCUT2D eigenvalue weighted by molar-refractivity contribution is -0.155. The van der Waals surface area contributed by atoms with Crippen LogP contribution in [0.25, 0.3) is 0 Å². The molecule has 0 saturated carbocycles. The summed E-state index contributed by atoms with van der Waals surface area (Å²) >= 11 is 0. The summed E-state index contributed by atoms with van der Waals surface area (Å²) in [7, 11) is 1.72. The molecule has 1 spiro atoms. The van der Waals surface area contributed by atoms with Gasteiger partial charge in [0.2, 0.25) is 17.7 Å². The van der Waals surface area contributed by atoms with Crippen LogP contribution in [0, 0.1) is 11.8 Å². The fourth-order valence-corrected chi connectivity index (χ4v) is 6.75. The average molecular weight is 508 g/mol. The number of likely N-dealkylation sites (tertiary alicyclic amines) is 1. The number of carbonyl (C=O) groups excluding carboxylic acids is 3. The fourth-order valence-electron chi connectivity index (χ4n) is 6.75. The number of carbonyl (C=O) groups is 3. The van der Waals surface area contributed by atoms with Crippen molar-refractivity contribution in [3.05, 3.63) is 60.2 Å². The number of fused-ring (bicyclic) bond motifs is 2. The largest absolute Gasteiger partial charge is 0.394 e. The predicted octanol–water partition coefficient (Wildman–Crippen LogP) is 2.31. The smallest absolute Gasteiger partial charge is 0.249 e. The van der Waals surface area contributed by atoms with Crippen LogP contribution in [0.1, 0.15) is 44.7 Å². The molecule has 4 heterocycles. The lowest BCUT2D eigenvalue weighted by Crippen LogP contribution is -2.57. The van der Waals surface area contributed by atoms with E-state index in [0.29, 0.717) is 19.6 Å². The second kappa shape index (κ2) is 9.72. The summed E-state index contributed by atoms with van der Waals surface area (Å²) in [6, 6.07) is 7.55. The highest BCUT2D eigenvalue weighted by molar-refractivity contribution is 6.00. The number of aliphatic hydroxyl groups is 1. The molecule has 0 aromatic heterocycles. The number of ether oxygens (including phenoxy) is 1. The lowest BCUT2D eigenvalue weighted by atomic mass is 9.74. The molecular weight excluding hydrogens is 470 g/mol. The molecule has 0 aliphatic carbocycles. The Bertz CT molecular complexity index is 1120. The van der Waals surface area contributed by atoms with Crippen LogP contribution < -0.4 is 0 Å². The summed E-state index contributed by atoms with van der Waals surface area (Å²) < 4.78 is 6.81. The van der Waals surface area contributed by atoms with E-state index in [9.17, 15) is 19.5 Å². The quantitative estimate of drug-likeness (QED) is 0.452. The number of amides is 3. The zero-order valence-corrected chi connectivity index (χ0v) is 21.9. The first kappa shape index (κ1) is 25.7. The Hall–Kier alpha value is -2.97. The molecule has 0 bridgehead atoms. The van der Waals surface area contributed by atoms with Crippen LogP contribution in [0.5, 0.6) is 0 Å². The van der Waals surface area contributed by atoms with E-state index in [2.05, 4.69) is 6.92 Å². The molecule has 4 aliphatic heterocycles. The zero-order chi connectivity index (χ0) is 26.4. The fraction of sp³-hybridized carbons (Fsp3) is 0.552. The van der Waals surface area contributed by atoms with Crippen molar-refractivity contribution >= 4 is 17.7 Å². The van der Waals surface area contributed by atoms with Crippen molar-refractivity contribution in [2.75, 3.05) is 33.3 Å². The number of nitrogens with zero attached hydrogens (tertiary/aromatic N) is 3. The van der Waals surface area contributed by atoms with Crippen LogP contribution in [0.4, 0.5) is 0 Å². The van der Waals surface area contributed by atoms with Crippen LogP contribution in [-0.2, 0) is 19.1 Å². The molecule has 1 aromatic rings. The summed E-state index contributed by atoms with van der Waals surface area (Å²) in [4.78, 5) is 47.4. The van der Waals surface area contributed by atoms with Gasteiger partial charge in [0.1, 0.15) is 11.6 Å². The highest BCUT2D eigenvalue weighted by Crippen LogP contribution is 2.58. The Balaban J connectivity index is 1.66. The molecule has 0 radical (unpaired) electrons. The number of benzene rings is 1. The van der Waals surface area contributed by atoms with Gasteiger partial charge in [0.15, 0.2) is 0 Å². The summed E-state index contributed by atoms with van der Waals surface area (Å²) in [5.74, 6) is -2.36. The van der Waals surface area contributed by atoms with Crippen LogP contribution in [0.15, 0.2) is 54.6 Å². The zero-order valence-electron chi connectivity index (χ0n) is 21.9. The first-order valence-electron chi connectivity index (χ1n) is 13.4. The van der Waals surface area contributed by atoms with Crippen molar-refractivity contribution < 1.29 is 24.2 Å². The Morgan fingerprint density at radius 3 is 2.43 bits per heavy atom. The summed E-state index contributed by atoms with van der Waals surface area (Å²) in [6.07, 6.45) is 10.4. The molecule has 2 saturated heterocycles. The van der Waals surface area contributed by atoms with Gasteiger partial charge in [-0.05, 0) is 18.9 Å². The van der Waals surface area contributed by atoms with E-state index in [1.54, 1.807) is 16.8 Å². The second-order valence-corrected chi connectivity index (χ2v) is 10.9. The van der Waals surface area contributed by atoms with E-state index in [0.717, 1.165) is 24.8 Å². The molecule has 2 fully saturated rings. The van der Waals surface area contributed by atoms with E-state index in [4.69, 9.17) is 4.74 Å². The van der Waals surface area contributed by atoms with Crippen molar-refractivity contribution in [2.24, 2.45) is 11.8 Å². The van der Waals surface area contributed by atoms with Gasteiger partial charge >= 0.3 is 0 Å². The monoisotopic (exact) mass is 507 g/mol. The minimum absolute atomic E-state index is 0.173.